The van der Waals surface area contributed by atoms with E-state index in [1.165, 1.54) is 23.5 Å². The number of anilines is 1. The van der Waals surface area contributed by atoms with E-state index >= 15 is 0 Å². The fraction of sp³-hybridized carbons (Fsp3) is 0.273. The van der Waals surface area contributed by atoms with Crippen molar-refractivity contribution < 1.29 is 14.0 Å². The molecular formula is C22H23FN4O2S. The van der Waals surface area contributed by atoms with Crippen LogP contribution in [0.15, 0.2) is 48.7 Å². The van der Waals surface area contributed by atoms with Crippen LogP contribution < -0.4 is 10.2 Å². The van der Waals surface area contributed by atoms with Crippen molar-refractivity contribution in [2.75, 3.05) is 18.0 Å². The number of hydrogen-bond donors (Lipinski definition) is 1. The van der Waals surface area contributed by atoms with Crippen molar-refractivity contribution in [3.8, 4) is 0 Å². The third-order valence-electron chi connectivity index (χ3n) is 5.24. The maximum Gasteiger partial charge on any atom is 0.325 e. The van der Waals surface area contributed by atoms with Crippen LogP contribution in [0.3, 0.4) is 0 Å². The molecule has 1 fully saturated rings. The van der Waals surface area contributed by atoms with Crippen molar-refractivity contribution in [3.05, 3.63) is 76.2 Å². The van der Waals surface area contributed by atoms with Crippen molar-refractivity contribution in [3.63, 3.8) is 0 Å². The monoisotopic (exact) mass is 426 g/mol. The molecule has 0 unspecified atom stereocenters. The number of rotatable bonds is 6. The highest BCUT2D eigenvalue weighted by Gasteiger charge is 2.31. The van der Waals surface area contributed by atoms with Crippen LogP contribution in [0.4, 0.5) is 14.2 Å². The molecule has 1 aliphatic heterocycles. The first-order valence-corrected chi connectivity index (χ1v) is 10.5. The average molecular weight is 427 g/mol. The lowest BCUT2D eigenvalue weighted by Crippen LogP contribution is -2.31. The van der Waals surface area contributed by atoms with Crippen LogP contribution in [0, 0.1) is 12.7 Å². The van der Waals surface area contributed by atoms with Gasteiger partial charge in [-0.2, -0.15) is 0 Å². The van der Waals surface area contributed by atoms with Gasteiger partial charge in [-0.1, -0.05) is 12.1 Å². The zero-order valence-electron chi connectivity index (χ0n) is 16.9. The van der Waals surface area contributed by atoms with Gasteiger partial charge in [-0.3, -0.25) is 9.69 Å². The van der Waals surface area contributed by atoms with Crippen molar-refractivity contribution in [1.82, 2.24) is 14.8 Å². The molecule has 8 heteroatoms. The number of nitrogens with zero attached hydrogens (tertiary/aromatic N) is 3. The topological polar surface area (TPSA) is 57.6 Å². The summed E-state index contributed by atoms with van der Waals surface area (Å²) in [4.78, 5) is 29.6. The van der Waals surface area contributed by atoms with Gasteiger partial charge in [0.15, 0.2) is 0 Å². The quantitative estimate of drug-likeness (QED) is 0.650. The standard InChI is InChI=1S/C22H23FN4O2S/c1-15-12-19(30-20(15)21(28)24-13-18-4-3-9-25(18)2)27-11-10-26(22(27)29)14-16-5-7-17(23)8-6-16/h3-9,12H,10-11,13-14H2,1-2H3,(H,24,28). The molecule has 4 rings (SSSR count). The number of thiophene rings is 1. The number of halogens is 1. The Hall–Kier alpha value is -3.13. The Morgan fingerprint density at radius 3 is 2.67 bits per heavy atom. The van der Waals surface area contributed by atoms with E-state index in [1.54, 1.807) is 21.9 Å². The summed E-state index contributed by atoms with van der Waals surface area (Å²) < 4.78 is 15.1. The number of benzene rings is 1. The van der Waals surface area contributed by atoms with Gasteiger partial charge in [0.25, 0.3) is 5.91 Å². The maximum absolute atomic E-state index is 13.1. The third-order valence-corrected chi connectivity index (χ3v) is 6.50. The van der Waals surface area contributed by atoms with Gasteiger partial charge in [-0.15, -0.1) is 11.3 Å². The van der Waals surface area contributed by atoms with Crippen LogP contribution in [-0.2, 0) is 20.1 Å². The van der Waals surface area contributed by atoms with E-state index in [1.807, 2.05) is 42.9 Å². The van der Waals surface area contributed by atoms with Crippen LogP contribution in [0.2, 0.25) is 0 Å². The Balaban J connectivity index is 1.42. The summed E-state index contributed by atoms with van der Waals surface area (Å²) in [6.45, 7) is 3.91. The summed E-state index contributed by atoms with van der Waals surface area (Å²) in [7, 11) is 1.94. The summed E-state index contributed by atoms with van der Waals surface area (Å²) in [5.74, 6) is -0.431. The molecule has 30 heavy (non-hydrogen) atoms. The molecule has 3 aromatic rings. The largest absolute Gasteiger partial charge is 0.353 e. The summed E-state index contributed by atoms with van der Waals surface area (Å²) in [6.07, 6.45) is 1.94. The Morgan fingerprint density at radius 2 is 1.97 bits per heavy atom. The molecule has 1 N–H and O–H groups in total. The first-order valence-electron chi connectivity index (χ1n) is 9.72. The molecule has 3 amide bonds. The highest BCUT2D eigenvalue weighted by molar-refractivity contribution is 7.18. The molecule has 6 nitrogen and oxygen atoms in total. The summed E-state index contributed by atoms with van der Waals surface area (Å²) in [6, 6.07) is 11.9. The maximum atomic E-state index is 13.1. The van der Waals surface area contributed by atoms with E-state index in [0.717, 1.165) is 21.8 Å². The second-order valence-corrected chi connectivity index (χ2v) is 8.40. The number of amides is 3. The van der Waals surface area contributed by atoms with E-state index in [0.29, 0.717) is 31.1 Å². The lowest BCUT2D eigenvalue weighted by molar-refractivity contribution is 0.0953. The van der Waals surface area contributed by atoms with Gasteiger partial charge in [0.1, 0.15) is 10.8 Å². The molecule has 2 aromatic heterocycles. The molecule has 0 bridgehead atoms. The molecule has 0 aliphatic carbocycles. The third kappa shape index (κ3) is 4.09. The summed E-state index contributed by atoms with van der Waals surface area (Å²) in [5.41, 5.74) is 2.75. The number of carbonyl (C=O) groups excluding carboxylic acids is 2. The van der Waals surface area contributed by atoms with Crippen LogP contribution in [0.25, 0.3) is 0 Å². The lowest BCUT2D eigenvalue weighted by atomic mass is 10.2. The fourth-order valence-corrected chi connectivity index (χ4v) is 4.61. The number of aryl methyl sites for hydroxylation is 2. The van der Waals surface area contributed by atoms with Crippen molar-refractivity contribution in [2.45, 2.75) is 20.0 Å². The molecular weight excluding hydrogens is 403 g/mol. The lowest BCUT2D eigenvalue weighted by Gasteiger charge is -2.17. The van der Waals surface area contributed by atoms with Gasteiger partial charge in [0.2, 0.25) is 0 Å². The predicted molar refractivity (Wildman–Crippen MR) is 115 cm³/mol. The molecule has 1 aliphatic rings. The molecule has 1 saturated heterocycles. The van der Waals surface area contributed by atoms with E-state index in [-0.39, 0.29) is 17.8 Å². The molecule has 1 aromatic carbocycles. The van der Waals surface area contributed by atoms with E-state index in [4.69, 9.17) is 0 Å². The second kappa shape index (κ2) is 8.31. The summed E-state index contributed by atoms with van der Waals surface area (Å²) in [5, 5.41) is 3.72. The average Bonchev–Trinajstić information content (AvgIpc) is 3.41. The summed E-state index contributed by atoms with van der Waals surface area (Å²) >= 11 is 1.33. The smallest absolute Gasteiger partial charge is 0.325 e. The minimum Gasteiger partial charge on any atom is -0.353 e. The van der Waals surface area contributed by atoms with Gasteiger partial charge in [-0.25, -0.2) is 9.18 Å². The molecule has 0 atom stereocenters. The van der Waals surface area contributed by atoms with Crippen molar-refractivity contribution in [2.24, 2.45) is 7.05 Å². The van der Waals surface area contributed by atoms with Gasteiger partial charge in [-0.05, 0) is 48.4 Å². The number of nitrogens with one attached hydrogen (secondary N) is 1. The first-order chi connectivity index (χ1) is 14.4. The molecule has 0 radical (unpaired) electrons. The Kier molecular flexibility index (Phi) is 5.59. The number of urea groups is 1. The zero-order valence-corrected chi connectivity index (χ0v) is 17.7. The fourth-order valence-electron chi connectivity index (χ4n) is 3.50. The zero-order chi connectivity index (χ0) is 21.3. The van der Waals surface area contributed by atoms with E-state index in [9.17, 15) is 14.0 Å². The minimum absolute atomic E-state index is 0.101. The highest BCUT2D eigenvalue weighted by Crippen LogP contribution is 2.32. The van der Waals surface area contributed by atoms with Gasteiger partial charge in [0, 0.05) is 38.6 Å². The van der Waals surface area contributed by atoms with Crippen LogP contribution in [0.1, 0.15) is 26.5 Å². The molecule has 0 saturated carbocycles. The number of hydrogen-bond acceptors (Lipinski definition) is 3. The highest BCUT2D eigenvalue weighted by atomic mass is 32.1. The van der Waals surface area contributed by atoms with E-state index in [2.05, 4.69) is 5.32 Å². The van der Waals surface area contributed by atoms with Crippen LogP contribution >= 0.6 is 11.3 Å². The Morgan fingerprint density at radius 1 is 1.20 bits per heavy atom. The first kappa shape index (κ1) is 20.2. The second-order valence-electron chi connectivity index (χ2n) is 7.37. The van der Waals surface area contributed by atoms with Gasteiger partial charge < -0.3 is 14.8 Å². The number of carbonyl (C=O) groups is 2. The Bertz CT molecular complexity index is 1070. The van der Waals surface area contributed by atoms with Crippen molar-refractivity contribution in [1.29, 1.82) is 0 Å². The van der Waals surface area contributed by atoms with Gasteiger partial charge in [0.05, 0.1) is 11.4 Å². The predicted octanol–water partition coefficient (Wildman–Crippen LogP) is 3.91. The van der Waals surface area contributed by atoms with Gasteiger partial charge >= 0.3 is 6.03 Å². The molecule has 0 spiro atoms. The van der Waals surface area contributed by atoms with Crippen molar-refractivity contribution >= 4 is 28.3 Å². The Labute approximate surface area is 178 Å². The van der Waals surface area contributed by atoms with Crippen LogP contribution in [-0.4, -0.2) is 34.5 Å². The number of aromatic nitrogens is 1. The SMILES string of the molecule is Cc1cc(N2CCN(Cc3ccc(F)cc3)C2=O)sc1C(=O)NCc1cccn1C. The van der Waals surface area contributed by atoms with Crippen LogP contribution in [0.5, 0.6) is 0 Å². The molecule has 3 heterocycles. The normalized spacial score (nSPS) is 13.9. The molecule has 156 valence electrons. The minimum atomic E-state index is -0.292. The van der Waals surface area contributed by atoms with E-state index < -0.39 is 0 Å².